The molecule has 2 amide bonds. The third kappa shape index (κ3) is 3.26. The normalized spacial score (nSPS) is 17.0. The number of nitrogens with zero attached hydrogens (tertiary/aromatic N) is 2. The number of rotatable bonds is 3. The average molecular weight is 311 g/mol. The number of carbonyl (C=O) groups is 1. The topological polar surface area (TPSA) is 37.3 Å². The number of fused-ring (bicyclic) bond motifs is 1. The smallest absolute Gasteiger partial charge is 0.322 e. The molecule has 0 fully saturated rings. The molecule has 1 aromatic heterocycles. The highest BCUT2D eigenvalue weighted by Gasteiger charge is 2.30. The molecule has 1 aliphatic rings. The van der Waals surface area contributed by atoms with E-state index in [4.69, 9.17) is 0 Å². The first-order valence-corrected chi connectivity index (χ1v) is 8.39. The zero-order valence-electron chi connectivity index (χ0n) is 14.2. The van der Waals surface area contributed by atoms with Crippen LogP contribution in [0, 0.1) is 13.8 Å². The van der Waals surface area contributed by atoms with Crippen LogP contribution in [0.5, 0.6) is 0 Å². The zero-order valence-corrected chi connectivity index (χ0v) is 14.2. The van der Waals surface area contributed by atoms with E-state index in [1.54, 1.807) is 0 Å². The van der Waals surface area contributed by atoms with Crippen LogP contribution in [0.1, 0.15) is 42.6 Å². The average Bonchev–Trinajstić information content (AvgIpc) is 2.95. The van der Waals surface area contributed by atoms with Gasteiger partial charge in [0, 0.05) is 30.7 Å². The molecule has 0 radical (unpaired) electrons. The Bertz CT molecular complexity index is 684. The quantitative estimate of drug-likeness (QED) is 0.890. The van der Waals surface area contributed by atoms with Gasteiger partial charge in [-0.05, 0) is 55.7 Å². The number of hydrogen-bond donors (Lipinski definition) is 1. The van der Waals surface area contributed by atoms with Crippen LogP contribution in [-0.4, -0.2) is 22.0 Å². The maximum Gasteiger partial charge on any atom is 0.322 e. The van der Waals surface area contributed by atoms with E-state index in [-0.39, 0.29) is 12.1 Å². The van der Waals surface area contributed by atoms with Gasteiger partial charge in [0.05, 0.1) is 6.04 Å². The van der Waals surface area contributed by atoms with Gasteiger partial charge in [-0.15, -0.1) is 0 Å². The Morgan fingerprint density at radius 2 is 1.96 bits per heavy atom. The number of aromatic nitrogens is 1. The highest BCUT2D eigenvalue weighted by Crippen LogP contribution is 2.30. The maximum absolute atomic E-state index is 12.8. The van der Waals surface area contributed by atoms with Crippen LogP contribution in [0.4, 0.5) is 10.5 Å². The molecule has 0 saturated heterocycles. The van der Waals surface area contributed by atoms with Crippen LogP contribution in [0.15, 0.2) is 36.5 Å². The predicted molar refractivity (Wildman–Crippen MR) is 93.7 cm³/mol. The van der Waals surface area contributed by atoms with Crippen molar-refractivity contribution in [1.29, 1.82) is 0 Å². The van der Waals surface area contributed by atoms with Crippen LogP contribution >= 0.6 is 0 Å². The summed E-state index contributed by atoms with van der Waals surface area (Å²) in [5.74, 6) is 0. The molecule has 1 aromatic carbocycles. The summed E-state index contributed by atoms with van der Waals surface area (Å²) in [6, 6.07) is 10.5. The van der Waals surface area contributed by atoms with Gasteiger partial charge < -0.3 is 14.8 Å². The molecule has 23 heavy (non-hydrogen) atoms. The molecule has 2 aromatic rings. The third-order valence-electron chi connectivity index (χ3n) is 4.46. The van der Waals surface area contributed by atoms with E-state index in [1.807, 2.05) is 17.0 Å². The summed E-state index contributed by atoms with van der Waals surface area (Å²) < 4.78 is 2.26. The Kier molecular flexibility index (Phi) is 4.42. The fourth-order valence-electron chi connectivity index (χ4n) is 3.53. The molecule has 0 saturated carbocycles. The maximum atomic E-state index is 12.8. The number of urea groups is 1. The standard InChI is InChI=1S/C19H25N3O/c1-4-6-18-17-7-5-8-21(17)9-10-22(18)19(23)20-16-12-14(2)11-15(3)13-16/h5,7-8,11-13,18H,4,6,9-10H2,1-3H3,(H,20,23). The molecule has 122 valence electrons. The minimum atomic E-state index is 0.000833. The summed E-state index contributed by atoms with van der Waals surface area (Å²) in [5.41, 5.74) is 4.45. The van der Waals surface area contributed by atoms with E-state index >= 15 is 0 Å². The van der Waals surface area contributed by atoms with Gasteiger partial charge in [0.1, 0.15) is 0 Å². The van der Waals surface area contributed by atoms with Crippen molar-refractivity contribution in [1.82, 2.24) is 9.47 Å². The lowest BCUT2D eigenvalue weighted by Gasteiger charge is -2.37. The molecule has 0 bridgehead atoms. The minimum Gasteiger partial charge on any atom is -0.348 e. The van der Waals surface area contributed by atoms with Gasteiger partial charge in [-0.2, -0.15) is 0 Å². The molecule has 1 atom stereocenters. The van der Waals surface area contributed by atoms with Crippen molar-refractivity contribution in [2.45, 2.75) is 46.2 Å². The molecule has 0 spiro atoms. The Morgan fingerprint density at radius 3 is 2.65 bits per heavy atom. The highest BCUT2D eigenvalue weighted by atomic mass is 16.2. The van der Waals surface area contributed by atoms with Crippen molar-refractivity contribution in [2.75, 3.05) is 11.9 Å². The molecule has 3 rings (SSSR count). The lowest BCUT2D eigenvalue weighted by Crippen LogP contribution is -2.44. The third-order valence-corrected chi connectivity index (χ3v) is 4.46. The van der Waals surface area contributed by atoms with Crippen molar-refractivity contribution < 1.29 is 4.79 Å². The Labute approximate surface area is 138 Å². The van der Waals surface area contributed by atoms with Gasteiger partial charge in [0.15, 0.2) is 0 Å². The lowest BCUT2D eigenvalue weighted by molar-refractivity contribution is 0.163. The van der Waals surface area contributed by atoms with E-state index in [2.05, 4.69) is 55.1 Å². The minimum absolute atomic E-state index is 0.000833. The number of amides is 2. The molecule has 1 unspecified atom stereocenters. The van der Waals surface area contributed by atoms with E-state index < -0.39 is 0 Å². The van der Waals surface area contributed by atoms with Crippen LogP contribution in [0.2, 0.25) is 0 Å². The van der Waals surface area contributed by atoms with Crippen LogP contribution < -0.4 is 5.32 Å². The summed E-state index contributed by atoms with van der Waals surface area (Å²) in [7, 11) is 0. The number of anilines is 1. The Hall–Kier alpha value is -2.23. The first-order chi connectivity index (χ1) is 11.1. The van der Waals surface area contributed by atoms with Gasteiger partial charge in [-0.1, -0.05) is 19.4 Å². The summed E-state index contributed by atoms with van der Waals surface area (Å²) in [6.07, 6.45) is 4.16. The molecular formula is C19H25N3O. The second-order valence-electron chi connectivity index (χ2n) is 6.43. The Balaban J connectivity index is 1.81. The van der Waals surface area contributed by atoms with E-state index in [1.165, 1.54) is 5.69 Å². The molecular weight excluding hydrogens is 286 g/mol. The van der Waals surface area contributed by atoms with Crippen molar-refractivity contribution in [3.05, 3.63) is 53.3 Å². The van der Waals surface area contributed by atoms with E-state index in [0.29, 0.717) is 0 Å². The Morgan fingerprint density at radius 1 is 1.22 bits per heavy atom. The molecule has 0 aliphatic carbocycles. The monoisotopic (exact) mass is 311 g/mol. The van der Waals surface area contributed by atoms with Crippen molar-refractivity contribution >= 4 is 11.7 Å². The molecule has 4 nitrogen and oxygen atoms in total. The summed E-state index contributed by atoms with van der Waals surface area (Å²) >= 11 is 0. The van der Waals surface area contributed by atoms with Crippen molar-refractivity contribution in [2.24, 2.45) is 0 Å². The first kappa shape index (κ1) is 15.7. The highest BCUT2D eigenvalue weighted by molar-refractivity contribution is 5.90. The fraction of sp³-hybridized carbons (Fsp3) is 0.421. The zero-order chi connectivity index (χ0) is 16.4. The van der Waals surface area contributed by atoms with E-state index in [9.17, 15) is 4.79 Å². The number of hydrogen-bond acceptors (Lipinski definition) is 1. The number of benzene rings is 1. The van der Waals surface area contributed by atoms with E-state index in [0.717, 1.165) is 42.7 Å². The van der Waals surface area contributed by atoms with Crippen LogP contribution in [-0.2, 0) is 6.54 Å². The molecule has 1 N–H and O–H groups in total. The van der Waals surface area contributed by atoms with Gasteiger partial charge >= 0.3 is 6.03 Å². The molecule has 4 heteroatoms. The SMILES string of the molecule is CCCC1c2cccn2CCN1C(=O)Nc1cc(C)cc(C)c1. The number of aryl methyl sites for hydroxylation is 2. The number of carbonyl (C=O) groups excluding carboxylic acids is 1. The fourth-order valence-corrected chi connectivity index (χ4v) is 3.53. The van der Waals surface area contributed by atoms with Crippen molar-refractivity contribution in [3.63, 3.8) is 0 Å². The summed E-state index contributed by atoms with van der Waals surface area (Å²) in [4.78, 5) is 14.8. The largest absolute Gasteiger partial charge is 0.348 e. The van der Waals surface area contributed by atoms with Crippen molar-refractivity contribution in [3.8, 4) is 0 Å². The summed E-state index contributed by atoms with van der Waals surface area (Å²) in [6.45, 7) is 7.89. The van der Waals surface area contributed by atoms with Gasteiger partial charge in [0.25, 0.3) is 0 Å². The van der Waals surface area contributed by atoms with Gasteiger partial charge in [0.2, 0.25) is 0 Å². The van der Waals surface area contributed by atoms with Gasteiger partial charge in [-0.25, -0.2) is 4.79 Å². The summed E-state index contributed by atoms with van der Waals surface area (Å²) in [5, 5.41) is 3.08. The van der Waals surface area contributed by atoms with Gasteiger partial charge in [-0.3, -0.25) is 0 Å². The molecule has 1 aliphatic heterocycles. The molecule has 2 heterocycles. The second kappa shape index (κ2) is 6.49. The first-order valence-electron chi connectivity index (χ1n) is 8.39. The number of nitrogens with one attached hydrogen (secondary N) is 1. The van der Waals surface area contributed by atoms with Crippen LogP contribution in [0.25, 0.3) is 0 Å². The van der Waals surface area contributed by atoms with Crippen LogP contribution in [0.3, 0.4) is 0 Å². The second-order valence-corrected chi connectivity index (χ2v) is 6.43. The predicted octanol–water partition coefficient (Wildman–Crippen LogP) is 4.49. The lowest BCUT2D eigenvalue weighted by atomic mass is 10.0.